The van der Waals surface area contributed by atoms with Crippen LogP contribution in [-0.2, 0) is 0 Å². The molecule has 0 heterocycles. The average molecular weight is 347 g/mol. The Morgan fingerprint density at radius 1 is 1.32 bits per heavy atom. The molecule has 0 spiro atoms. The van der Waals surface area contributed by atoms with Crippen LogP contribution in [0, 0.1) is 18.3 Å². The summed E-state index contributed by atoms with van der Waals surface area (Å²) in [5.74, 6) is 1.05. The lowest BCUT2D eigenvalue weighted by atomic mass is 9.71. The van der Waals surface area contributed by atoms with Crippen LogP contribution in [0.15, 0.2) is 42.1 Å². The third-order valence-electron chi connectivity index (χ3n) is 4.81. The number of allylic oxidation sites excluding steroid dienone is 3. The minimum atomic E-state index is -0.456. The standard InChI is InChI=1S/C22H35FN2/c1-7-19(9-8-12-23)25-21-11-10-18(14-17(21)4)20(13-16(2)3)22(5,6)15-24/h7-11,14,16,20,25H,12-13,15,24H2,1-6H3/b9-8-,19-7+. The molecule has 0 fully saturated rings. The zero-order valence-electron chi connectivity index (χ0n) is 16.7. The Morgan fingerprint density at radius 3 is 2.48 bits per heavy atom. The van der Waals surface area contributed by atoms with Gasteiger partial charge in [-0.3, -0.25) is 0 Å². The highest BCUT2D eigenvalue weighted by Gasteiger charge is 2.30. The van der Waals surface area contributed by atoms with Crippen LogP contribution in [0.5, 0.6) is 0 Å². The fraction of sp³-hybridized carbons (Fsp3) is 0.545. The molecule has 1 aromatic rings. The normalized spacial score (nSPS) is 14.4. The van der Waals surface area contributed by atoms with Crippen molar-refractivity contribution in [2.24, 2.45) is 17.1 Å². The van der Waals surface area contributed by atoms with E-state index in [9.17, 15) is 4.39 Å². The summed E-state index contributed by atoms with van der Waals surface area (Å²) in [5.41, 5.74) is 10.6. The Balaban J connectivity index is 3.11. The van der Waals surface area contributed by atoms with E-state index in [-0.39, 0.29) is 5.41 Å². The zero-order valence-corrected chi connectivity index (χ0v) is 16.7. The van der Waals surface area contributed by atoms with E-state index in [2.05, 4.69) is 58.1 Å². The van der Waals surface area contributed by atoms with E-state index < -0.39 is 6.67 Å². The highest BCUT2D eigenvalue weighted by molar-refractivity contribution is 5.57. The van der Waals surface area contributed by atoms with Crippen LogP contribution in [0.25, 0.3) is 0 Å². The number of nitrogens with two attached hydrogens (primary N) is 1. The topological polar surface area (TPSA) is 38.0 Å². The number of hydrogen-bond acceptors (Lipinski definition) is 2. The van der Waals surface area contributed by atoms with Gasteiger partial charge in [0.1, 0.15) is 6.67 Å². The number of hydrogen-bond donors (Lipinski definition) is 2. The molecule has 1 rings (SSSR count). The summed E-state index contributed by atoms with van der Waals surface area (Å²) in [6, 6.07) is 6.59. The van der Waals surface area contributed by atoms with Gasteiger partial charge in [-0.05, 0) is 67.3 Å². The summed E-state index contributed by atoms with van der Waals surface area (Å²) in [5, 5.41) is 3.37. The van der Waals surface area contributed by atoms with Crippen LogP contribution in [0.3, 0.4) is 0 Å². The first-order valence-electron chi connectivity index (χ1n) is 9.21. The van der Waals surface area contributed by atoms with E-state index >= 15 is 0 Å². The molecule has 0 saturated carbocycles. The molecular formula is C22H35FN2. The van der Waals surface area contributed by atoms with Crippen molar-refractivity contribution in [1.29, 1.82) is 0 Å². The quantitative estimate of drug-likeness (QED) is 0.542. The van der Waals surface area contributed by atoms with Gasteiger partial charge in [-0.1, -0.05) is 52.0 Å². The number of halogens is 1. The van der Waals surface area contributed by atoms with Crippen LogP contribution in [0.1, 0.15) is 58.1 Å². The van der Waals surface area contributed by atoms with E-state index in [0.29, 0.717) is 18.4 Å². The van der Waals surface area contributed by atoms with Crippen LogP contribution in [0.4, 0.5) is 10.1 Å². The van der Waals surface area contributed by atoms with Gasteiger partial charge in [-0.25, -0.2) is 4.39 Å². The van der Waals surface area contributed by atoms with Crippen molar-refractivity contribution in [1.82, 2.24) is 0 Å². The Bertz CT molecular complexity index is 600. The van der Waals surface area contributed by atoms with E-state index in [4.69, 9.17) is 5.73 Å². The third-order valence-corrected chi connectivity index (χ3v) is 4.81. The summed E-state index contributed by atoms with van der Waals surface area (Å²) in [7, 11) is 0. The highest BCUT2D eigenvalue weighted by Crippen LogP contribution is 2.40. The summed E-state index contributed by atoms with van der Waals surface area (Å²) < 4.78 is 12.3. The number of benzene rings is 1. The van der Waals surface area contributed by atoms with Gasteiger partial charge < -0.3 is 11.1 Å². The molecule has 0 aliphatic rings. The number of aryl methyl sites for hydroxylation is 1. The van der Waals surface area contributed by atoms with Crippen LogP contribution in [-0.4, -0.2) is 13.2 Å². The van der Waals surface area contributed by atoms with Crippen LogP contribution in [0.2, 0.25) is 0 Å². The zero-order chi connectivity index (χ0) is 19.0. The molecule has 3 heteroatoms. The maximum absolute atomic E-state index is 12.3. The molecule has 2 nitrogen and oxygen atoms in total. The highest BCUT2D eigenvalue weighted by atomic mass is 19.1. The summed E-state index contributed by atoms with van der Waals surface area (Å²) in [6.07, 6.45) is 6.34. The predicted molar refractivity (Wildman–Crippen MR) is 109 cm³/mol. The largest absolute Gasteiger partial charge is 0.356 e. The van der Waals surface area contributed by atoms with Crippen molar-refractivity contribution >= 4 is 5.69 Å². The van der Waals surface area contributed by atoms with Gasteiger partial charge in [-0.15, -0.1) is 0 Å². The number of nitrogens with one attached hydrogen (secondary N) is 1. The predicted octanol–water partition coefficient (Wildman–Crippen LogP) is 5.95. The van der Waals surface area contributed by atoms with Gasteiger partial charge in [0.05, 0.1) is 0 Å². The number of anilines is 1. The van der Waals surface area contributed by atoms with Crippen molar-refractivity contribution < 1.29 is 4.39 Å². The fourth-order valence-electron chi connectivity index (χ4n) is 3.10. The molecule has 0 saturated heterocycles. The number of rotatable bonds is 9. The lowest BCUT2D eigenvalue weighted by Crippen LogP contribution is -2.31. The van der Waals surface area contributed by atoms with Gasteiger partial charge in [-0.2, -0.15) is 0 Å². The van der Waals surface area contributed by atoms with E-state index in [1.807, 2.05) is 13.0 Å². The molecule has 140 valence electrons. The minimum absolute atomic E-state index is 0.0595. The SMILES string of the molecule is C/C=C(\C=C/CF)Nc1ccc(C(CC(C)C)C(C)(C)CN)cc1C. The lowest BCUT2D eigenvalue weighted by Gasteiger charge is -2.35. The molecule has 1 atom stereocenters. The molecule has 0 bridgehead atoms. The maximum atomic E-state index is 12.3. The third kappa shape index (κ3) is 6.32. The van der Waals surface area contributed by atoms with Crippen LogP contribution >= 0.6 is 0 Å². The number of alkyl halides is 1. The van der Waals surface area contributed by atoms with Crippen molar-refractivity contribution in [2.75, 3.05) is 18.5 Å². The summed E-state index contributed by atoms with van der Waals surface area (Å²) >= 11 is 0. The van der Waals surface area contributed by atoms with E-state index in [1.165, 1.54) is 17.2 Å². The average Bonchev–Trinajstić information content (AvgIpc) is 2.57. The van der Waals surface area contributed by atoms with Gasteiger partial charge in [0, 0.05) is 11.4 Å². The molecule has 25 heavy (non-hydrogen) atoms. The van der Waals surface area contributed by atoms with E-state index in [1.54, 1.807) is 6.08 Å². The molecule has 1 aromatic carbocycles. The fourth-order valence-corrected chi connectivity index (χ4v) is 3.10. The summed E-state index contributed by atoms with van der Waals surface area (Å²) in [4.78, 5) is 0. The monoisotopic (exact) mass is 346 g/mol. The lowest BCUT2D eigenvalue weighted by molar-refractivity contribution is 0.260. The Kier molecular flexibility index (Phi) is 8.37. The molecule has 1 unspecified atom stereocenters. The summed E-state index contributed by atoms with van der Waals surface area (Å²) in [6.45, 7) is 13.3. The second-order valence-corrected chi connectivity index (χ2v) is 7.87. The van der Waals surface area contributed by atoms with Gasteiger partial charge in [0.15, 0.2) is 0 Å². The molecule has 0 aliphatic heterocycles. The smallest absolute Gasteiger partial charge is 0.108 e. The van der Waals surface area contributed by atoms with Gasteiger partial charge in [0.2, 0.25) is 0 Å². The first-order chi connectivity index (χ1) is 11.7. The molecule has 3 N–H and O–H groups in total. The Hall–Kier alpha value is -1.61. The Morgan fingerprint density at radius 2 is 2.00 bits per heavy atom. The van der Waals surface area contributed by atoms with E-state index in [0.717, 1.165) is 17.8 Å². The van der Waals surface area contributed by atoms with Gasteiger partial charge in [0.25, 0.3) is 0 Å². The van der Waals surface area contributed by atoms with Crippen molar-refractivity contribution in [3.8, 4) is 0 Å². The second kappa shape index (κ2) is 9.76. The molecule has 0 aliphatic carbocycles. The second-order valence-electron chi connectivity index (χ2n) is 7.87. The van der Waals surface area contributed by atoms with Crippen molar-refractivity contribution in [2.45, 2.75) is 53.9 Å². The molecule has 0 radical (unpaired) electrons. The first kappa shape index (κ1) is 21.4. The minimum Gasteiger partial charge on any atom is -0.356 e. The van der Waals surface area contributed by atoms with Crippen molar-refractivity contribution in [3.63, 3.8) is 0 Å². The molecule has 0 aromatic heterocycles. The first-order valence-corrected chi connectivity index (χ1v) is 9.21. The van der Waals surface area contributed by atoms with Gasteiger partial charge >= 0.3 is 0 Å². The maximum Gasteiger partial charge on any atom is 0.108 e. The van der Waals surface area contributed by atoms with Crippen LogP contribution < -0.4 is 11.1 Å². The Labute approximate surface area is 153 Å². The molecular weight excluding hydrogens is 311 g/mol. The molecule has 0 amide bonds. The van der Waals surface area contributed by atoms with Crippen molar-refractivity contribution in [3.05, 3.63) is 53.3 Å².